The van der Waals surface area contributed by atoms with Gasteiger partial charge in [-0.3, -0.25) is 4.79 Å². The van der Waals surface area contributed by atoms with Gasteiger partial charge >= 0.3 is 5.97 Å². The molecule has 2 rings (SSSR count). The van der Waals surface area contributed by atoms with Gasteiger partial charge < -0.3 is 19.5 Å². The van der Waals surface area contributed by atoms with Crippen LogP contribution in [-0.2, 0) is 19.1 Å². The lowest BCUT2D eigenvalue weighted by Crippen LogP contribution is -2.64. The second-order valence-electron chi connectivity index (χ2n) is 7.08. The van der Waals surface area contributed by atoms with E-state index in [0.717, 1.165) is 12.8 Å². The molecule has 2 unspecified atom stereocenters. The van der Waals surface area contributed by atoms with E-state index in [0.29, 0.717) is 26.0 Å². The van der Waals surface area contributed by atoms with E-state index in [9.17, 15) is 9.59 Å². The van der Waals surface area contributed by atoms with Crippen molar-refractivity contribution in [3.05, 3.63) is 0 Å². The number of rotatable bonds is 7. The molecule has 1 amide bonds. The van der Waals surface area contributed by atoms with Crippen LogP contribution in [0.25, 0.3) is 0 Å². The third kappa shape index (κ3) is 3.53. The largest absolute Gasteiger partial charge is 0.479 e. The molecule has 0 radical (unpaired) electrons. The number of carbonyl (C=O) groups is 2. The fourth-order valence-corrected chi connectivity index (χ4v) is 3.72. The number of carboxylic acid groups (broad SMARTS) is 1. The van der Waals surface area contributed by atoms with Gasteiger partial charge in [-0.2, -0.15) is 0 Å². The maximum absolute atomic E-state index is 12.9. The number of hydrogen-bond donors (Lipinski definition) is 1. The highest BCUT2D eigenvalue weighted by molar-refractivity contribution is 5.83. The maximum Gasteiger partial charge on any atom is 0.332 e. The molecule has 1 saturated heterocycles. The fraction of sp³-hybridized carbons (Fsp3) is 0.882. The molecule has 1 N–H and O–H groups in total. The van der Waals surface area contributed by atoms with Crippen LogP contribution in [0.5, 0.6) is 0 Å². The monoisotopic (exact) mass is 327 g/mol. The molecule has 6 nitrogen and oxygen atoms in total. The van der Waals surface area contributed by atoms with E-state index < -0.39 is 18.2 Å². The van der Waals surface area contributed by atoms with Gasteiger partial charge in [0.2, 0.25) is 0 Å². The molecule has 1 saturated carbocycles. The summed E-state index contributed by atoms with van der Waals surface area (Å²) in [5.74, 6) is -1.05. The Labute approximate surface area is 138 Å². The summed E-state index contributed by atoms with van der Waals surface area (Å²) >= 11 is 0. The zero-order valence-corrected chi connectivity index (χ0v) is 14.6. The summed E-state index contributed by atoms with van der Waals surface area (Å²) in [5.41, 5.74) is -0.0916. The molecule has 0 aromatic carbocycles. The van der Waals surface area contributed by atoms with Gasteiger partial charge in [0, 0.05) is 24.6 Å². The summed E-state index contributed by atoms with van der Waals surface area (Å²) in [6, 6.07) is 0.124. The van der Waals surface area contributed by atoms with E-state index in [2.05, 4.69) is 13.8 Å². The molecular formula is C17H29NO5. The molecule has 1 heterocycles. The van der Waals surface area contributed by atoms with Crippen molar-refractivity contribution >= 4 is 11.9 Å². The molecule has 132 valence electrons. The van der Waals surface area contributed by atoms with Crippen molar-refractivity contribution in [1.82, 2.24) is 4.90 Å². The van der Waals surface area contributed by atoms with Crippen molar-refractivity contribution in [3.8, 4) is 0 Å². The predicted octanol–water partition coefficient (Wildman–Crippen LogP) is 2.06. The molecule has 1 aliphatic carbocycles. The van der Waals surface area contributed by atoms with E-state index in [4.69, 9.17) is 14.6 Å². The summed E-state index contributed by atoms with van der Waals surface area (Å²) in [7, 11) is 0. The lowest BCUT2D eigenvalue weighted by molar-refractivity contribution is -0.176. The molecular weight excluding hydrogens is 298 g/mol. The van der Waals surface area contributed by atoms with Crippen molar-refractivity contribution in [2.75, 3.05) is 13.2 Å². The Hall–Kier alpha value is -1.14. The van der Waals surface area contributed by atoms with E-state index in [-0.39, 0.29) is 23.5 Å². The second-order valence-corrected chi connectivity index (χ2v) is 7.08. The number of ether oxygens (including phenoxy) is 2. The maximum atomic E-state index is 12.9. The normalized spacial score (nSPS) is 32.3. The number of aliphatic carboxylic acids is 1. The van der Waals surface area contributed by atoms with E-state index in [1.807, 2.05) is 18.7 Å². The minimum absolute atomic E-state index is 0.0661. The van der Waals surface area contributed by atoms with Crippen molar-refractivity contribution in [3.63, 3.8) is 0 Å². The van der Waals surface area contributed by atoms with Crippen LogP contribution in [0.3, 0.4) is 0 Å². The molecule has 2 aliphatic rings. The lowest BCUT2D eigenvalue weighted by atomic mass is 9.63. The van der Waals surface area contributed by atoms with Crippen LogP contribution in [-0.4, -0.2) is 59.4 Å². The van der Waals surface area contributed by atoms with Gasteiger partial charge in [-0.15, -0.1) is 0 Å². The highest BCUT2D eigenvalue weighted by atomic mass is 16.5. The van der Waals surface area contributed by atoms with Crippen LogP contribution in [0.15, 0.2) is 0 Å². The molecule has 0 aromatic heterocycles. The van der Waals surface area contributed by atoms with Gasteiger partial charge in [0.15, 0.2) is 6.10 Å². The van der Waals surface area contributed by atoms with Crippen molar-refractivity contribution in [1.29, 1.82) is 0 Å². The predicted molar refractivity (Wildman–Crippen MR) is 85.1 cm³/mol. The summed E-state index contributed by atoms with van der Waals surface area (Å²) < 4.78 is 11.2. The Morgan fingerprint density at radius 3 is 2.39 bits per heavy atom. The zero-order valence-electron chi connectivity index (χ0n) is 14.6. The number of carbonyl (C=O) groups excluding carboxylic acids is 1. The molecule has 0 bridgehead atoms. The van der Waals surface area contributed by atoms with Gasteiger partial charge in [-0.05, 0) is 32.6 Å². The van der Waals surface area contributed by atoms with Gasteiger partial charge in [0.25, 0.3) is 5.91 Å². The molecule has 1 aliphatic heterocycles. The number of amides is 1. The van der Waals surface area contributed by atoms with Crippen LogP contribution in [0.4, 0.5) is 0 Å². The molecule has 2 fully saturated rings. The van der Waals surface area contributed by atoms with Gasteiger partial charge in [0.1, 0.15) is 6.10 Å². The minimum atomic E-state index is -0.984. The Bertz CT molecular complexity index is 450. The van der Waals surface area contributed by atoms with E-state index in [1.54, 1.807) is 0 Å². The van der Waals surface area contributed by atoms with Crippen LogP contribution in [0, 0.1) is 5.41 Å². The first-order valence-electron chi connectivity index (χ1n) is 8.63. The number of carboxylic acids is 1. The average Bonchev–Trinajstić information content (AvgIpc) is 2.99. The quantitative estimate of drug-likeness (QED) is 0.774. The van der Waals surface area contributed by atoms with Gasteiger partial charge in [-0.1, -0.05) is 20.8 Å². The topological polar surface area (TPSA) is 76.1 Å². The Balaban J connectivity index is 2.04. The second kappa shape index (κ2) is 7.18. The highest BCUT2D eigenvalue weighted by Crippen LogP contribution is 2.46. The van der Waals surface area contributed by atoms with E-state index in [1.165, 1.54) is 0 Å². The molecule has 6 heteroatoms. The first-order chi connectivity index (χ1) is 10.8. The smallest absolute Gasteiger partial charge is 0.332 e. The first kappa shape index (κ1) is 18.2. The number of hydrogen-bond acceptors (Lipinski definition) is 4. The SMILES string of the molecule is CCCN(C(=O)[C@@H]1CC[C@H](C(=O)O)O1)C1CC(OCC)C1(C)C. The van der Waals surface area contributed by atoms with Crippen molar-refractivity contribution < 1.29 is 24.2 Å². The highest BCUT2D eigenvalue weighted by Gasteiger charge is 2.53. The van der Waals surface area contributed by atoms with Gasteiger partial charge in [0.05, 0.1) is 6.10 Å². The van der Waals surface area contributed by atoms with Crippen LogP contribution in [0.1, 0.15) is 53.4 Å². The van der Waals surface area contributed by atoms with Crippen LogP contribution in [0.2, 0.25) is 0 Å². The summed E-state index contributed by atoms with van der Waals surface area (Å²) in [6.45, 7) is 9.64. The standard InChI is InChI=1S/C17H29NO5/c1-5-9-18(13-10-14(22-6-2)17(13,3)4)15(19)11-7-8-12(23-11)16(20)21/h11-14H,5-10H2,1-4H3,(H,20,21)/t11-,12+,13?,14?/m0/s1. The van der Waals surface area contributed by atoms with Crippen LogP contribution < -0.4 is 0 Å². The average molecular weight is 327 g/mol. The summed E-state index contributed by atoms with van der Waals surface area (Å²) in [5, 5.41) is 9.03. The summed E-state index contributed by atoms with van der Waals surface area (Å²) in [4.78, 5) is 25.8. The fourth-order valence-electron chi connectivity index (χ4n) is 3.72. The third-order valence-corrected chi connectivity index (χ3v) is 5.19. The number of nitrogens with zero attached hydrogens (tertiary/aromatic N) is 1. The first-order valence-corrected chi connectivity index (χ1v) is 8.63. The molecule has 0 aromatic rings. The van der Waals surface area contributed by atoms with Gasteiger partial charge in [-0.25, -0.2) is 4.79 Å². The van der Waals surface area contributed by atoms with Crippen molar-refractivity contribution in [2.45, 2.75) is 77.7 Å². The molecule has 23 heavy (non-hydrogen) atoms. The molecule has 4 atom stereocenters. The van der Waals surface area contributed by atoms with Crippen molar-refractivity contribution in [2.24, 2.45) is 5.41 Å². The Kier molecular flexibility index (Phi) is 5.68. The zero-order chi connectivity index (χ0) is 17.2. The molecule has 0 spiro atoms. The van der Waals surface area contributed by atoms with E-state index >= 15 is 0 Å². The Morgan fingerprint density at radius 2 is 1.91 bits per heavy atom. The third-order valence-electron chi connectivity index (χ3n) is 5.19. The summed E-state index contributed by atoms with van der Waals surface area (Å²) in [6.07, 6.45) is 1.29. The Morgan fingerprint density at radius 1 is 1.26 bits per heavy atom. The van der Waals surface area contributed by atoms with Crippen LogP contribution >= 0.6 is 0 Å². The minimum Gasteiger partial charge on any atom is -0.479 e. The lowest BCUT2D eigenvalue weighted by Gasteiger charge is -2.56.